The van der Waals surface area contributed by atoms with Gasteiger partial charge >= 0.3 is 5.97 Å². The Morgan fingerprint density at radius 2 is 1.60 bits per heavy atom. The third kappa shape index (κ3) is 4.26. The van der Waals surface area contributed by atoms with Crippen LogP contribution in [0.3, 0.4) is 0 Å². The summed E-state index contributed by atoms with van der Waals surface area (Å²) in [6.07, 6.45) is 0.119. The number of esters is 1. The molecule has 0 unspecified atom stereocenters. The molecule has 0 atom stereocenters. The lowest BCUT2D eigenvalue weighted by molar-refractivity contribution is -0.147. The lowest BCUT2D eigenvalue weighted by Crippen LogP contribution is -2.31. The van der Waals surface area contributed by atoms with E-state index in [-0.39, 0.29) is 36.8 Å². The van der Waals surface area contributed by atoms with Gasteiger partial charge in [-0.2, -0.15) is 5.26 Å². The molecule has 0 N–H and O–H groups in total. The van der Waals surface area contributed by atoms with Crippen LogP contribution < -0.4 is 9.80 Å². The van der Waals surface area contributed by atoms with Gasteiger partial charge in [0.1, 0.15) is 17.5 Å². The van der Waals surface area contributed by atoms with Gasteiger partial charge in [0, 0.05) is 27.1 Å². The highest BCUT2D eigenvalue weighted by atomic mass is 16.5. The Labute approximate surface area is 202 Å². The standard InChI is InChI=1S/C26H24N4O5/c1-16-10-11-17-18(13-16)26(34)30(25(17)33)12-6-9-23(32)35-15-22(31)19(14-27)24-28(2)20-7-4-5-8-21(20)29(24)3/h4-5,7-8,10-11,13H,6,9,12,15H2,1-3H3. The van der Waals surface area contributed by atoms with Gasteiger partial charge in [-0.25, -0.2) is 0 Å². The Morgan fingerprint density at radius 3 is 2.23 bits per heavy atom. The van der Waals surface area contributed by atoms with Crippen LogP contribution in [0.1, 0.15) is 39.1 Å². The number of Topliss-reactive ketones (excluding diaryl/α,β-unsaturated/α-hetero) is 1. The fourth-order valence-electron chi connectivity index (χ4n) is 4.34. The summed E-state index contributed by atoms with van der Waals surface area (Å²) in [5, 5.41) is 9.65. The van der Waals surface area contributed by atoms with Crippen molar-refractivity contribution in [3.05, 3.63) is 70.5 Å². The zero-order valence-electron chi connectivity index (χ0n) is 19.7. The summed E-state index contributed by atoms with van der Waals surface area (Å²) in [7, 11) is 3.52. The molecule has 0 saturated heterocycles. The molecule has 2 aliphatic heterocycles. The van der Waals surface area contributed by atoms with Gasteiger partial charge in [-0.05, 0) is 37.6 Å². The molecule has 9 heteroatoms. The van der Waals surface area contributed by atoms with Crippen LogP contribution in [0.15, 0.2) is 53.9 Å². The fourth-order valence-corrected chi connectivity index (χ4v) is 4.34. The van der Waals surface area contributed by atoms with Crippen LogP contribution in [-0.2, 0) is 14.3 Å². The topological polar surface area (TPSA) is 111 Å². The van der Waals surface area contributed by atoms with E-state index in [1.807, 2.05) is 37.3 Å². The van der Waals surface area contributed by atoms with Crippen molar-refractivity contribution in [1.82, 2.24) is 4.90 Å². The predicted octanol–water partition coefficient (Wildman–Crippen LogP) is 2.80. The maximum absolute atomic E-state index is 12.7. The molecule has 178 valence electrons. The summed E-state index contributed by atoms with van der Waals surface area (Å²) in [5.74, 6) is -1.61. The van der Waals surface area contributed by atoms with Crippen molar-refractivity contribution >= 4 is 34.9 Å². The maximum Gasteiger partial charge on any atom is 0.306 e. The normalized spacial score (nSPS) is 14.1. The number of hydrogen-bond acceptors (Lipinski definition) is 8. The van der Waals surface area contributed by atoms with Crippen LogP contribution in [0, 0.1) is 18.3 Å². The molecule has 9 nitrogen and oxygen atoms in total. The summed E-state index contributed by atoms with van der Waals surface area (Å²) in [6.45, 7) is 1.33. The van der Waals surface area contributed by atoms with Gasteiger partial charge in [0.25, 0.3) is 11.8 Å². The van der Waals surface area contributed by atoms with Crippen molar-refractivity contribution in [2.75, 3.05) is 37.0 Å². The number of aryl methyl sites for hydroxylation is 1. The van der Waals surface area contributed by atoms with Crippen molar-refractivity contribution in [1.29, 1.82) is 5.26 Å². The average Bonchev–Trinajstić information content (AvgIpc) is 3.23. The summed E-state index contributed by atoms with van der Waals surface area (Å²) in [5.41, 5.74) is 3.20. The van der Waals surface area contributed by atoms with Crippen molar-refractivity contribution in [3.63, 3.8) is 0 Å². The molecule has 0 fully saturated rings. The zero-order valence-corrected chi connectivity index (χ0v) is 19.7. The lowest BCUT2D eigenvalue weighted by atomic mass is 10.1. The van der Waals surface area contributed by atoms with Gasteiger partial charge in [-0.15, -0.1) is 0 Å². The molecule has 0 spiro atoms. The van der Waals surface area contributed by atoms with E-state index in [2.05, 4.69) is 0 Å². The first kappa shape index (κ1) is 23.7. The first-order valence-electron chi connectivity index (χ1n) is 11.1. The Hall–Kier alpha value is -4.45. The average molecular weight is 473 g/mol. The van der Waals surface area contributed by atoms with Crippen molar-refractivity contribution in [2.45, 2.75) is 19.8 Å². The Bertz CT molecular complexity index is 1290. The van der Waals surface area contributed by atoms with Gasteiger partial charge < -0.3 is 14.5 Å². The molecule has 2 heterocycles. The number of carbonyl (C=O) groups is 4. The largest absolute Gasteiger partial charge is 0.457 e. The molecule has 2 aromatic carbocycles. The smallest absolute Gasteiger partial charge is 0.306 e. The first-order chi connectivity index (χ1) is 16.7. The first-order valence-corrected chi connectivity index (χ1v) is 11.1. The molecule has 0 aliphatic carbocycles. The van der Waals surface area contributed by atoms with Crippen LogP contribution in [-0.4, -0.2) is 55.7 Å². The minimum absolute atomic E-state index is 0.0653. The van der Waals surface area contributed by atoms with E-state index in [1.165, 1.54) is 0 Å². The lowest BCUT2D eigenvalue weighted by Gasteiger charge is -2.19. The second-order valence-corrected chi connectivity index (χ2v) is 8.42. The monoisotopic (exact) mass is 472 g/mol. The minimum atomic E-state index is -0.649. The van der Waals surface area contributed by atoms with Gasteiger partial charge in [0.15, 0.2) is 6.61 Å². The van der Waals surface area contributed by atoms with E-state index >= 15 is 0 Å². The van der Waals surface area contributed by atoms with E-state index in [9.17, 15) is 24.4 Å². The van der Waals surface area contributed by atoms with Crippen LogP contribution in [0.5, 0.6) is 0 Å². The third-order valence-electron chi connectivity index (χ3n) is 6.11. The molecule has 4 rings (SSSR count). The molecule has 2 aromatic rings. The Morgan fingerprint density at radius 1 is 0.971 bits per heavy atom. The molecular formula is C26H24N4O5. The molecule has 0 radical (unpaired) electrons. The maximum atomic E-state index is 12.7. The van der Waals surface area contributed by atoms with Crippen LogP contribution in [0.2, 0.25) is 0 Å². The highest BCUT2D eigenvalue weighted by Crippen LogP contribution is 2.40. The highest BCUT2D eigenvalue weighted by molar-refractivity contribution is 6.21. The fraction of sp³-hybridized carbons (Fsp3) is 0.269. The Kier molecular flexibility index (Phi) is 6.38. The number of benzene rings is 2. The molecule has 2 aliphatic rings. The summed E-state index contributed by atoms with van der Waals surface area (Å²) in [4.78, 5) is 54.5. The number of anilines is 2. The number of ether oxygens (including phenoxy) is 1. The van der Waals surface area contributed by atoms with Crippen molar-refractivity contribution < 1.29 is 23.9 Å². The number of carbonyl (C=O) groups excluding carboxylic acids is 4. The second kappa shape index (κ2) is 9.43. The van der Waals surface area contributed by atoms with Crippen molar-refractivity contribution in [2.24, 2.45) is 0 Å². The predicted molar refractivity (Wildman–Crippen MR) is 128 cm³/mol. The van der Waals surface area contributed by atoms with E-state index in [0.717, 1.165) is 21.8 Å². The van der Waals surface area contributed by atoms with Crippen LogP contribution in [0.4, 0.5) is 11.4 Å². The van der Waals surface area contributed by atoms with E-state index < -0.39 is 18.4 Å². The highest BCUT2D eigenvalue weighted by Gasteiger charge is 2.35. The summed E-state index contributed by atoms with van der Waals surface area (Å²) < 4.78 is 5.09. The number of hydrogen-bond donors (Lipinski definition) is 0. The number of para-hydroxylation sites is 2. The number of amides is 2. The summed E-state index contributed by atoms with van der Waals surface area (Å²) >= 11 is 0. The molecule has 35 heavy (non-hydrogen) atoms. The molecule has 0 bridgehead atoms. The van der Waals surface area contributed by atoms with Crippen LogP contribution >= 0.6 is 0 Å². The van der Waals surface area contributed by atoms with Gasteiger partial charge in [0.2, 0.25) is 5.78 Å². The third-order valence-corrected chi connectivity index (χ3v) is 6.11. The Balaban J connectivity index is 1.32. The van der Waals surface area contributed by atoms with E-state index in [1.54, 1.807) is 42.1 Å². The summed E-state index contributed by atoms with van der Waals surface area (Å²) in [6, 6.07) is 14.5. The number of fused-ring (bicyclic) bond motifs is 2. The number of ketones is 1. The number of nitriles is 1. The van der Waals surface area contributed by atoms with Gasteiger partial charge in [-0.1, -0.05) is 23.8 Å². The van der Waals surface area contributed by atoms with E-state index in [4.69, 9.17) is 4.74 Å². The molecule has 2 amide bonds. The quantitative estimate of drug-likeness (QED) is 0.262. The molecule has 0 aromatic heterocycles. The minimum Gasteiger partial charge on any atom is -0.457 e. The number of nitrogens with zero attached hydrogens (tertiary/aromatic N) is 4. The second-order valence-electron chi connectivity index (χ2n) is 8.42. The van der Waals surface area contributed by atoms with Gasteiger partial charge in [0.05, 0.1) is 22.5 Å². The van der Waals surface area contributed by atoms with Gasteiger partial charge in [-0.3, -0.25) is 24.1 Å². The number of rotatable bonds is 7. The van der Waals surface area contributed by atoms with Crippen LogP contribution in [0.25, 0.3) is 0 Å². The molecule has 0 saturated carbocycles. The number of imide groups is 1. The zero-order chi connectivity index (χ0) is 25.3. The van der Waals surface area contributed by atoms with Crippen molar-refractivity contribution in [3.8, 4) is 6.07 Å². The van der Waals surface area contributed by atoms with E-state index in [0.29, 0.717) is 16.9 Å². The SMILES string of the molecule is Cc1ccc2c(c1)C(=O)N(CCCC(=O)OCC(=O)C(C#N)=C1N(C)c3ccccc3N1C)C2=O. The molecular weight excluding hydrogens is 448 g/mol.